The van der Waals surface area contributed by atoms with Crippen molar-refractivity contribution in [3.8, 4) is 28.0 Å². The van der Waals surface area contributed by atoms with Crippen molar-refractivity contribution in [3.05, 3.63) is 115 Å². The first-order valence-electron chi connectivity index (χ1n) is 11.8. The largest absolute Gasteiger partial charge is 0.534 e. The molecule has 0 aliphatic rings. The highest BCUT2D eigenvalue weighted by atomic mass is 32.2. The van der Waals surface area contributed by atoms with E-state index in [1.165, 1.54) is 12.1 Å². The van der Waals surface area contributed by atoms with E-state index >= 15 is 0 Å². The van der Waals surface area contributed by atoms with Crippen molar-refractivity contribution >= 4 is 42.4 Å². The highest BCUT2D eigenvalue weighted by Gasteiger charge is 2.48. The van der Waals surface area contributed by atoms with Gasteiger partial charge in [0.05, 0.1) is 0 Å². The average molecular weight is 529 g/mol. The van der Waals surface area contributed by atoms with Crippen LogP contribution in [0.4, 0.5) is 13.2 Å². The Kier molecular flexibility index (Phi) is 5.61. The van der Waals surface area contributed by atoms with E-state index < -0.39 is 21.4 Å². The fourth-order valence-corrected chi connectivity index (χ4v) is 5.41. The molecule has 6 rings (SSSR count). The van der Waals surface area contributed by atoms with Crippen molar-refractivity contribution in [2.24, 2.45) is 0 Å². The van der Waals surface area contributed by atoms with Crippen LogP contribution >= 0.6 is 0 Å². The summed E-state index contributed by atoms with van der Waals surface area (Å²) in [5.74, 6) is -0.410. The molecule has 0 aliphatic heterocycles. The maximum absolute atomic E-state index is 12.8. The van der Waals surface area contributed by atoms with Gasteiger partial charge >= 0.3 is 15.6 Å². The normalized spacial score (nSPS) is 12.3. The zero-order valence-electron chi connectivity index (χ0n) is 19.7. The van der Waals surface area contributed by atoms with E-state index in [2.05, 4.69) is 46.6 Å². The van der Waals surface area contributed by atoms with Crippen LogP contribution in [0, 0.1) is 0 Å². The molecule has 0 unspecified atom stereocenters. The lowest BCUT2D eigenvalue weighted by Gasteiger charge is -2.18. The summed E-state index contributed by atoms with van der Waals surface area (Å²) in [4.78, 5) is 0. The van der Waals surface area contributed by atoms with Gasteiger partial charge in [0.15, 0.2) is 0 Å². The number of hydrogen-bond donors (Lipinski definition) is 0. The molecular formula is C31H19F3O3S. The van der Waals surface area contributed by atoms with Crippen molar-refractivity contribution in [2.45, 2.75) is 5.51 Å². The Morgan fingerprint density at radius 1 is 0.526 bits per heavy atom. The third kappa shape index (κ3) is 4.05. The molecule has 0 saturated carbocycles. The number of rotatable bonds is 4. The van der Waals surface area contributed by atoms with Crippen molar-refractivity contribution in [3.63, 3.8) is 0 Å². The summed E-state index contributed by atoms with van der Waals surface area (Å²) in [5.41, 5.74) is -1.73. The molecule has 6 aromatic rings. The summed E-state index contributed by atoms with van der Waals surface area (Å²) in [6, 6.07) is 36.2. The lowest BCUT2D eigenvalue weighted by Crippen LogP contribution is -2.28. The highest BCUT2D eigenvalue weighted by molar-refractivity contribution is 7.88. The SMILES string of the molecule is O=S(=O)(Oc1ccc(-c2c3ccccc3c(-c3ccc4ccccc4c3)c3ccccc23)cc1)C(F)(F)F. The Hall–Kier alpha value is -4.36. The van der Waals surface area contributed by atoms with E-state index in [9.17, 15) is 21.6 Å². The van der Waals surface area contributed by atoms with Crippen molar-refractivity contribution < 1.29 is 25.8 Å². The Bertz CT molecular complexity index is 1890. The minimum absolute atomic E-state index is 0.410. The van der Waals surface area contributed by atoms with E-state index in [4.69, 9.17) is 0 Å². The van der Waals surface area contributed by atoms with Gasteiger partial charge in [-0.2, -0.15) is 21.6 Å². The van der Waals surface area contributed by atoms with Gasteiger partial charge in [0.1, 0.15) is 5.75 Å². The fraction of sp³-hybridized carbons (Fsp3) is 0.0323. The van der Waals surface area contributed by atoms with E-state index in [-0.39, 0.29) is 0 Å². The number of fused-ring (bicyclic) bond motifs is 3. The van der Waals surface area contributed by atoms with E-state index in [1.807, 2.05) is 48.5 Å². The molecule has 0 bridgehead atoms. The quantitative estimate of drug-likeness (QED) is 0.131. The summed E-state index contributed by atoms with van der Waals surface area (Å²) in [6.07, 6.45) is 0. The molecule has 0 N–H and O–H groups in total. The van der Waals surface area contributed by atoms with Gasteiger partial charge in [-0.25, -0.2) is 0 Å². The van der Waals surface area contributed by atoms with Crippen molar-refractivity contribution in [2.75, 3.05) is 0 Å². The number of benzene rings is 6. The zero-order valence-corrected chi connectivity index (χ0v) is 20.6. The Morgan fingerprint density at radius 3 is 1.50 bits per heavy atom. The maximum Gasteiger partial charge on any atom is 0.534 e. The molecule has 0 spiro atoms. The van der Waals surface area contributed by atoms with Crippen LogP contribution in [0.2, 0.25) is 0 Å². The second kappa shape index (κ2) is 8.89. The number of halogens is 3. The van der Waals surface area contributed by atoms with Crippen molar-refractivity contribution in [1.29, 1.82) is 0 Å². The maximum atomic E-state index is 12.8. The predicted molar refractivity (Wildman–Crippen MR) is 145 cm³/mol. The van der Waals surface area contributed by atoms with Crippen LogP contribution < -0.4 is 4.18 Å². The van der Waals surface area contributed by atoms with Crippen LogP contribution in [-0.4, -0.2) is 13.9 Å². The molecule has 0 saturated heterocycles. The average Bonchev–Trinajstić information content (AvgIpc) is 2.91. The highest BCUT2D eigenvalue weighted by Crippen LogP contribution is 2.44. The molecule has 0 heterocycles. The number of alkyl halides is 3. The smallest absolute Gasteiger partial charge is 0.376 e. The molecule has 0 fully saturated rings. The van der Waals surface area contributed by atoms with Crippen molar-refractivity contribution in [1.82, 2.24) is 0 Å². The van der Waals surface area contributed by atoms with Crippen LogP contribution in [0.25, 0.3) is 54.6 Å². The monoisotopic (exact) mass is 528 g/mol. The minimum Gasteiger partial charge on any atom is -0.376 e. The Labute approximate surface area is 216 Å². The van der Waals surface area contributed by atoms with Gasteiger partial charge < -0.3 is 4.18 Å². The van der Waals surface area contributed by atoms with Gasteiger partial charge in [0.25, 0.3) is 0 Å². The summed E-state index contributed by atoms with van der Waals surface area (Å²) in [7, 11) is -5.75. The summed E-state index contributed by atoms with van der Waals surface area (Å²) >= 11 is 0. The number of hydrogen-bond acceptors (Lipinski definition) is 3. The first kappa shape index (κ1) is 24.0. The molecule has 0 aromatic heterocycles. The van der Waals surface area contributed by atoms with E-state index in [1.54, 1.807) is 12.1 Å². The molecule has 0 atom stereocenters. The second-order valence-electron chi connectivity index (χ2n) is 8.91. The third-order valence-corrected chi connectivity index (χ3v) is 7.58. The van der Waals surface area contributed by atoms with Crippen LogP contribution in [0.3, 0.4) is 0 Å². The molecule has 0 radical (unpaired) electrons. The minimum atomic E-state index is -5.75. The lowest BCUT2D eigenvalue weighted by atomic mass is 9.85. The molecular weight excluding hydrogens is 509 g/mol. The molecule has 3 nitrogen and oxygen atoms in total. The summed E-state index contributed by atoms with van der Waals surface area (Å²) < 4.78 is 65.4. The zero-order chi connectivity index (χ0) is 26.5. The van der Waals surface area contributed by atoms with Crippen LogP contribution in [0.15, 0.2) is 115 Å². The summed E-state index contributed by atoms with van der Waals surface area (Å²) in [5, 5.41) is 6.26. The molecule has 0 aliphatic carbocycles. The Balaban J connectivity index is 1.57. The standard InChI is InChI=1S/C31H19F3O3S/c32-31(33,34)38(35,36)37-24-17-15-21(16-18-24)29-25-9-3-5-11-27(25)30(28-12-6-4-10-26(28)29)23-14-13-20-7-1-2-8-22(20)19-23/h1-19H. The van der Waals surface area contributed by atoms with Gasteiger partial charge in [-0.3, -0.25) is 0 Å². The molecule has 188 valence electrons. The van der Waals surface area contributed by atoms with Crippen LogP contribution in [-0.2, 0) is 10.1 Å². The lowest BCUT2D eigenvalue weighted by molar-refractivity contribution is -0.0500. The van der Waals surface area contributed by atoms with Gasteiger partial charge in [-0.15, -0.1) is 0 Å². The molecule has 0 amide bonds. The predicted octanol–water partition coefficient (Wildman–Crippen LogP) is 8.71. The third-order valence-electron chi connectivity index (χ3n) is 6.60. The van der Waals surface area contributed by atoms with Gasteiger partial charge in [0.2, 0.25) is 0 Å². The first-order valence-corrected chi connectivity index (χ1v) is 13.2. The van der Waals surface area contributed by atoms with Crippen LogP contribution in [0.5, 0.6) is 5.75 Å². The Morgan fingerprint density at radius 2 is 0.974 bits per heavy atom. The second-order valence-corrected chi connectivity index (χ2v) is 10.4. The topological polar surface area (TPSA) is 43.4 Å². The molecule has 7 heteroatoms. The van der Waals surface area contributed by atoms with Crippen LogP contribution in [0.1, 0.15) is 0 Å². The van der Waals surface area contributed by atoms with E-state index in [0.717, 1.165) is 54.6 Å². The van der Waals surface area contributed by atoms with Gasteiger partial charge in [-0.05, 0) is 72.8 Å². The van der Waals surface area contributed by atoms with Gasteiger partial charge in [-0.1, -0.05) is 97.1 Å². The summed E-state index contributed by atoms with van der Waals surface area (Å²) in [6.45, 7) is 0. The van der Waals surface area contributed by atoms with Gasteiger partial charge in [0, 0.05) is 0 Å². The van der Waals surface area contributed by atoms with E-state index in [0.29, 0.717) is 0 Å². The fourth-order valence-electron chi connectivity index (χ4n) is 4.95. The molecule has 38 heavy (non-hydrogen) atoms. The molecule has 6 aromatic carbocycles. The first-order chi connectivity index (χ1) is 18.2.